The predicted octanol–water partition coefficient (Wildman–Crippen LogP) is 2.48. The van der Waals surface area contributed by atoms with Gasteiger partial charge in [-0.25, -0.2) is 0 Å². The standard InChI is InChI=1S/C16H31N5O.HI/c1-12(2)7-8-18-16(17-5)19-11-15-13(3)20-21(14(15)4)9-10-22-6;/h12H,7-11H2,1-6H3,(H2,17,18,19);1H. The van der Waals surface area contributed by atoms with Crippen molar-refractivity contribution in [2.45, 2.75) is 47.2 Å². The van der Waals surface area contributed by atoms with E-state index in [2.05, 4.69) is 41.5 Å². The maximum Gasteiger partial charge on any atom is 0.191 e. The molecule has 0 aromatic carbocycles. The van der Waals surface area contributed by atoms with Crippen LogP contribution in [0.3, 0.4) is 0 Å². The van der Waals surface area contributed by atoms with E-state index >= 15 is 0 Å². The first-order valence-electron chi connectivity index (χ1n) is 7.95. The van der Waals surface area contributed by atoms with Crippen molar-refractivity contribution in [3.8, 4) is 0 Å². The summed E-state index contributed by atoms with van der Waals surface area (Å²) in [5.41, 5.74) is 3.46. The lowest BCUT2D eigenvalue weighted by Gasteiger charge is -2.13. The average molecular weight is 437 g/mol. The topological polar surface area (TPSA) is 63.5 Å². The summed E-state index contributed by atoms with van der Waals surface area (Å²) in [6.07, 6.45) is 1.13. The van der Waals surface area contributed by atoms with Gasteiger partial charge in [0.1, 0.15) is 0 Å². The van der Waals surface area contributed by atoms with Crippen LogP contribution in [0.5, 0.6) is 0 Å². The second-order valence-electron chi connectivity index (χ2n) is 5.90. The molecule has 0 unspecified atom stereocenters. The van der Waals surface area contributed by atoms with Gasteiger partial charge in [-0.1, -0.05) is 13.8 Å². The lowest BCUT2D eigenvalue weighted by atomic mass is 10.1. The number of halogens is 1. The molecule has 0 fully saturated rings. The molecular formula is C16H32IN5O. The first kappa shape index (κ1) is 22.2. The molecule has 23 heavy (non-hydrogen) atoms. The fourth-order valence-corrected chi connectivity index (χ4v) is 2.26. The molecule has 0 aliphatic rings. The first-order chi connectivity index (χ1) is 10.5. The highest BCUT2D eigenvalue weighted by atomic mass is 127. The van der Waals surface area contributed by atoms with Gasteiger partial charge in [0.2, 0.25) is 0 Å². The molecule has 0 saturated heterocycles. The first-order valence-corrected chi connectivity index (χ1v) is 7.95. The van der Waals surface area contributed by atoms with Crippen molar-refractivity contribution in [2.24, 2.45) is 10.9 Å². The number of aliphatic imine (C=N–C) groups is 1. The largest absolute Gasteiger partial charge is 0.383 e. The lowest BCUT2D eigenvalue weighted by molar-refractivity contribution is 0.182. The lowest BCUT2D eigenvalue weighted by Crippen LogP contribution is -2.37. The summed E-state index contributed by atoms with van der Waals surface area (Å²) in [6, 6.07) is 0. The summed E-state index contributed by atoms with van der Waals surface area (Å²) < 4.78 is 7.13. The fraction of sp³-hybridized carbons (Fsp3) is 0.750. The Balaban J connectivity index is 0.00000484. The second kappa shape index (κ2) is 11.7. The zero-order chi connectivity index (χ0) is 16.5. The van der Waals surface area contributed by atoms with Crippen molar-refractivity contribution in [1.82, 2.24) is 20.4 Å². The molecule has 0 spiro atoms. The molecular weight excluding hydrogens is 405 g/mol. The molecule has 6 nitrogen and oxygen atoms in total. The van der Waals surface area contributed by atoms with E-state index in [-0.39, 0.29) is 24.0 Å². The van der Waals surface area contributed by atoms with Crippen molar-refractivity contribution < 1.29 is 4.74 Å². The number of ether oxygens (including phenoxy) is 1. The Hall–Kier alpha value is -0.830. The minimum Gasteiger partial charge on any atom is -0.383 e. The molecule has 7 heteroatoms. The van der Waals surface area contributed by atoms with E-state index < -0.39 is 0 Å². The van der Waals surface area contributed by atoms with Crippen LogP contribution in [0.4, 0.5) is 0 Å². The molecule has 0 saturated carbocycles. The molecule has 1 aromatic rings. The van der Waals surface area contributed by atoms with Crippen LogP contribution in [-0.2, 0) is 17.8 Å². The van der Waals surface area contributed by atoms with Gasteiger partial charge in [-0.3, -0.25) is 9.67 Å². The molecule has 1 aromatic heterocycles. The normalized spacial score (nSPS) is 11.5. The molecule has 0 atom stereocenters. The van der Waals surface area contributed by atoms with E-state index in [0.29, 0.717) is 12.5 Å². The van der Waals surface area contributed by atoms with Crippen LogP contribution in [0, 0.1) is 19.8 Å². The number of hydrogen-bond donors (Lipinski definition) is 2. The molecule has 0 aliphatic carbocycles. The van der Waals surface area contributed by atoms with Crippen molar-refractivity contribution >= 4 is 29.9 Å². The SMILES string of the molecule is CN=C(NCCC(C)C)NCc1c(C)nn(CCOC)c1C.I. The summed E-state index contributed by atoms with van der Waals surface area (Å²) in [5.74, 6) is 1.53. The van der Waals surface area contributed by atoms with Gasteiger partial charge in [-0.15, -0.1) is 24.0 Å². The maximum atomic E-state index is 5.12. The molecule has 0 amide bonds. The molecule has 134 valence electrons. The Bertz CT molecular complexity index is 485. The van der Waals surface area contributed by atoms with E-state index in [4.69, 9.17) is 4.74 Å². The van der Waals surface area contributed by atoms with Crippen molar-refractivity contribution in [3.05, 3.63) is 17.0 Å². The highest BCUT2D eigenvalue weighted by Crippen LogP contribution is 2.12. The molecule has 1 heterocycles. The minimum absolute atomic E-state index is 0. The summed E-state index contributed by atoms with van der Waals surface area (Å²) in [6.45, 7) is 11.7. The number of aryl methyl sites for hydroxylation is 1. The molecule has 0 bridgehead atoms. The third kappa shape index (κ3) is 7.52. The van der Waals surface area contributed by atoms with E-state index in [1.807, 2.05) is 11.6 Å². The van der Waals surface area contributed by atoms with Crippen molar-refractivity contribution in [3.63, 3.8) is 0 Å². The number of hydrogen-bond acceptors (Lipinski definition) is 3. The van der Waals surface area contributed by atoms with Crippen LogP contribution in [0.25, 0.3) is 0 Å². The van der Waals surface area contributed by atoms with Gasteiger partial charge in [0.25, 0.3) is 0 Å². The van der Waals surface area contributed by atoms with Gasteiger partial charge in [-0.05, 0) is 26.2 Å². The highest BCUT2D eigenvalue weighted by molar-refractivity contribution is 14.0. The number of nitrogens with one attached hydrogen (secondary N) is 2. The predicted molar refractivity (Wildman–Crippen MR) is 107 cm³/mol. The Morgan fingerprint density at radius 3 is 2.57 bits per heavy atom. The number of rotatable bonds is 8. The zero-order valence-electron chi connectivity index (χ0n) is 15.3. The Kier molecular flexibility index (Phi) is 11.2. The van der Waals surface area contributed by atoms with Gasteiger partial charge in [0.05, 0.1) is 18.8 Å². The van der Waals surface area contributed by atoms with E-state index in [1.165, 1.54) is 11.3 Å². The maximum absolute atomic E-state index is 5.12. The quantitative estimate of drug-likeness (QED) is 0.373. The third-order valence-electron chi connectivity index (χ3n) is 3.71. The molecule has 1 rings (SSSR count). The third-order valence-corrected chi connectivity index (χ3v) is 3.71. The average Bonchev–Trinajstić information content (AvgIpc) is 2.74. The van der Waals surface area contributed by atoms with Crippen molar-refractivity contribution in [1.29, 1.82) is 0 Å². The van der Waals surface area contributed by atoms with E-state index in [0.717, 1.165) is 37.7 Å². The highest BCUT2D eigenvalue weighted by Gasteiger charge is 2.11. The summed E-state index contributed by atoms with van der Waals surface area (Å²) >= 11 is 0. The second-order valence-corrected chi connectivity index (χ2v) is 5.90. The fourth-order valence-electron chi connectivity index (χ4n) is 2.26. The summed E-state index contributed by atoms with van der Waals surface area (Å²) in [4.78, 5) is 4.26. The van der Waals surface area contributed by atoms with Crippen LogP contribution >= 0.6 is 24.0 Å². The Morgan fingerprint density at radius 1 is 1.30 bits per heavy atom. The van der Waals surface area contributed by atoms with Gasteiger partial charge in [0, 0.05) is 38.5 Å². The van der Waals surface area contributed by atoms with Gasteiger partial charge < -0.3 is 15.4 Å². The van der Waals surface area contributed by atoms with Gasteiger partial charge in [0.15, 0.2) is 5.96 Å². The number of nitrogens with zero attached hydrogens (tertiary/aromatic N) is 3. The van der Waals surface area contributed by atoms with Gasteiger partial charge >= 0.3 is 0 Å². The molecule has 0 radical (unpaired) electrons. The van der Waals surface area contributed by atoms with Crippen LogP contribution in [-0.4, -0.2) is 43.0 Å². The Labute approximate surface area is 157 Å². The number of guanidine groups is 1. The van der Waals surface area contributed by atoms with E-state index in [1.54, 1.807) is 14.2 Å². The van der Waals surface area contributed by atoms with Crippen LogP contribution < -0.4 is 10.6 Å². The minimum atomic E-state index is 0. The molecule has 2 N–H and O–H groups in total. The van der Waals surface area contributed by atoms with Crippen LogP contribution in [0.15, 0.2) is 4.99 Å². The number of methoxy groups -OCH3 is 1. The van der Waals surface area contributed by atoms with Crippen LogP contribution in [0.1, 0.15) is 37.2 Å². The van der Waals surface area contributed by atoms with Crippen LogP contribution in [0.2, 0.25) is 0 Å². The Morgan fingerprint density at radius 2 is 2.00 bits per heavy atom. The summed E-state index contributed by atoms with van der Waals surface area (Å²) in [7, 11) is 3.51. The summed E-state index contributed by atoms with van der Waals surface area (Å²) in [5, 5.41) is 11.3. The van der Waals surface area contributed by atoms with Crippen molar-refractivity contribution in [2.75, 3.05) is 27.3 Å². The zero-order valence-corrected chi connectivity index (χ0v) is 17.6. The van der Waals surface area contributed by atoms with Gasteiger partial charge in [-0.2, -0.15) is 5.10 Å². The van der Waals surface area contributed by atoms with E-state index in [9.17, 15) is 0 Å². The monoisotopic (exact) mass is 437 g/mol. The smallest absolute Gasteiger partial charge is 0.191 e. The molecule has 0 aliphatic heterocycles. The number of aromatic nitrogens is 2.